The van der Waals surface area contributed by atoms with E-state index in [4.69, 9.17) is 0 Å². The first kappa shape index (κ1) is 23.5. The van der Waals surface area contributed by atoms with Crippen LogP contribution in [-0.2, 0) is 13.5 Å². The smallest absolute Gasteiger partial charge is 0.191 e. The first-order valence-corrected chi connectivity index (χ1v) is 10.3. The van der Waals surface area contributed by atoms with E-state index in [1.54, 1.807) is 0 Å². The summed E-state index contributed by atoms with van der Waals surface area (Å²) < 4.78 is 1.95. The Morgan fingerprint density at radius 2 is 1.97 bits per heavy atom. The number of nitrogens with one attached hydrogen (secondary N) is 2. The molecule has 1 aromatic carbocycles. The number of anilines is 1. The van der Waals surface area contributed by atoms with Crippen LogP contribution in [0.3, 0.4) is 0 Å². The number of aromatic nitrogens is 2. The van der Waals surface area contributed by atoms with Crippen LogP contribution in [0.25, 0.3) is 0 Å². The fourth-order valence-corrected chi connectivity index (χ4v) is 3.93. The molecule has 1 fully saturated rings. The van der Waals surface area contributed by atoms with Crippen LogP contribution in [0, 0.1) is 13.8 Å². The van der Waals surface area contributed by atoms with Gasteiger partial charge in [0.1, 0.15) is 0 Å². The molecule has 1 aliphatic heterocycles. The van der Waals surface area contributed by atoms with Gasteiger partial charge in [-0.3, -0.25) is 9.67 Å². The normalized spacial score (nSPS) is 15.2. The highest BCUT2D eigenvalue weighted by Crippen LogP contribution is 2.24. The Labute approximate surface area is 192 Å². The summed E-state index contributed by atoms with van der Waals surface area (Å²) in [5.41, 5.74) is 6.27. The van der Waals surface area contributed by atoms with Gasteiger partial charge in [-0.15, -0.1) is 24.0 Å². The minimum Gasteiger partial charge on any atom is -0.372 e. The van der Waals surface area contributed by atoms with Gasteiger partial charge < -0.3 is 15.5 Å². The molecule has 0 radical (unpaired) electrons. The molecule has 6 nitrogen and oxygen atoms in total. The first-order chi connectivity index (χ1) is 13.5. The molecule has 0 spiro atoms. The van der Waals surface area contributed by atoms with Gasteiger partial charge in [-0.25, -0.2) is 0 Å². The van der Waals surface area contributed by atoms with E-state index < -0.39 is 0 Å². The molecule has 7 heteroatoms. The lowest BCUT2D eigenvalue weighted by molar-refractivity contribution is 0.683. The number of rotatable bonds is 6. The number of guanidine groups is 1. The SMILES string of the molecule is CN=C(NCCc1c(C)nn(C)c1C)NC(C)c1cccc(N2CCCC2)c1.I. The molecule has 0 aliphatic carbocycles. The first-order valence-electron chi connectivity index (χ1n) is 10.3. The van der Waals surface area contributed by atoms with Crippen LogP contribution < -0.4 is 15.5 Å². The molecular formula is C22H35IN6. The van der Waals surface area contributed by atoms with Crippen molar-refractivity contribution in [3.8, 4) is 0 Å². The van der Waals surface area contributed by atoms with Crippen LogP contribution in [0.4, 0.5) is 5.69 Å². The Morgan fingerprint density at radius 3 is 2.59 bits per heavy atom. The minimum absolute atomic E-state index is 0. The highest BCUT2D eigenvalue weighted by molar-refractivity contribution is 14.0. The molecule has 0 bridgehead atoms. The van der Waals surface area contributed by atoms with Crippen LogP contribution in [0.1, 0.15) is 48.3 Å². The number of hydrogen-bond donors (Lipinski definition) is 2. The summed E-state index contributed by atoms with van der Waals surface area (Å²) in [7, 11) is 3.82. The zero-order chi connectivity index (χ0) is 20.1. The molecule has 1 atom stereocenters. The molecule has 1 aliphatic rings. The zero-order valence-corrected chi connectivity index (χ0v) is 20.7. The van der Waals surface area contributed by atoms with Crippen molar-refractivity contribution in [3.63, 3.8) is 0 Å². The highest BCUT2D eigenvalue weighted by Gasteiger charge is 2.15. The van der Waals surface area contributed by atoms with Crippen molar-refractivity contribution in [3.05, 3.63) is 46.8 Å². The van der Waals surface area contributed by atoms with Crippen molar-refractivity contribution in [1.82, 2.24) is 20.4 Å². The number of hydrogen-bond acceptors (Lipinski definition) is 3. The van der Waals surface area contributed by atoms with Gasteiger partial charge in [-0.05, 0) is 63.3 Å². The maximum Gasteiger partial charge on any atom is 0.191 e. The van der Waals surface area contributed by atoms with Crippen molar-refractivity contribution >= 4 is 35.6 Å². The van der Waals surface area contributed by atoms with Crippen molar-refractivity contribution in [2.45, 2.75) is 46.1 Å². The van der Waals surface area contributed by atoms with Gasteiger partial charge in [0.2, 0.25) is 0 Å². The van der Waals surface area contributed by atoms with E-state index in [2.05, 4.69) is 70.7 Å². The zero-order valence-electron chi connectivity index (χ0n) is 18.3. The van der Waals surface area contributed by atoms with E-state index in [0.717, 1.165) is 24.6 Å². The predicted molar refractivity (Wildman–Crippen MR) is 133 cm³/mol. The Balaban J connectivity index is 0.00000300. The van der Waals surface area contributed by atoms with Gasteiger partial charge in [-0.1, -0.05) is 12.1 Å². The number of benzene rings is 1. The molecule has 2 heterocycles. The lowest BCUT2D eigenvalue weighted by Gasteiger charge is -2.22. The number of aryl methyl sites for hydroxylation is 2. The third-order valence-corrected chi connectivity index (χ3v) is 5.74. The summed E-state index contributed by atoms with van der Waals surface area (Å²) in [6.07, 6.45) is 3.53. The largest absolute Gasteiger partial charge is 0.372 e. The lowest BCUT2D eigenvalue weighted by atomic mass is 10.1. The highest BCUT2D eigenvalue weighted by atomic mass is 127. The summed E-state index contributed by atoms with van der Waals surface area (Å²) in [5, 5.41) is 11.5. The monoisotopic (exact) mass is 510 g/mol. The molecule has 0 saturated carbocycles. The maximum absolute atomic E-state index is 4.50. The lowest BCUT2D eigenvalue weighted by Crippen LogP contribution is -2.39. The topological polar surface area (TPSA) is 57.5 Å². The van der Waals surface area contributed by atoms with E-state index in [1.165, 1.54) is 48.4 Å². The summed E-state index contributed by atoms with van der Waals surface area (Å²) >= 11 is 0. The number of halogens is 1. The quantitative estimate of drug-likeness (QED) is 0.354. The Hall–Kier alpha value is -1.77. The number of nitrogens with zero attached hydrogens (tertiary/aromatic N) is 4. The van der Waals surface area contributed by atoms with Crippen molar-refractivity contribution in [2.75, 3.05) is 31.6 Å². The van der Waals surface area contributed by atoms with E-state index >= 15 is 0 Å². The minimum atomic E-state index is 0. The van der Waals surface area contributed by atoms with Gasteiger partial charge in [0.25, 0.3) is 0 Å². The molecule has 3 rings (SSSR count). The van der Waals surface area contributed by atoms with E-state index in [0.29, 0.717) is 0 Å². The van der Waals surface area contributed by atoms with Crippen LogP contribution >= 0.6 is 24.0 Å². The summed E-state index contributed by atoms with van der Waals surface area (Å²) in [6.45, 7) is 9.55. The molecule has 2 aromatic rings. The summed E-state index contributed by atoms with van der Waals surface area (Å²) in [6, 6.07) is 9.06. The molecule has 1 saturated heterocycles. The number of aliphatic imine (C=N–C) groups is 1. The van der Waals surface area contributed by atoms with Crippen molar-refractivity contribution in [1.29, 1.82) is 0 Å². The van der Waals surface area contributed by atoms with Gasteiger partial charge in [0, 0.05) is 45.1 Å². The average Bonchev–Trinajstić information content (AvgIpc) is 3.31. The molecule has 160 valence electrons. The Morgan fingerprint density at radius 1 is 1.24 bits per heavy atom. The summed E-state index contributed by atoms with van der Waals surface area (Å²) in [4.78, 5) is 6.87. The molecular weight excluding hydrogens is 475 g/mol. The molecule has 1 aromatic heterocycles. The van der Waals surface area contributed by atoms with E-state index in [-0.39, 0.29) is 30.0 Å². The maximum atomic E-state index is 4.50. The molecule has 1 unspecified atom stereocenters. The van der Waals surface area contributed by atoms with Crippen LogP contribution in [0.2, 0.25) is 0 Å². The molecule has 2 N–H and O–H groups in total. The fraction of sp³-hybridized carbons (Fsp3) is 0.545. The third-order valence-electron chi connectivity index (χ3n) is 5.74. The van der Waals surface area contributed by atoms with Gasteiger partial charge in [-0.2, -0.15) is 5.10 Å². The second-order valence-electron chi connectivity index (χ2n) is 7.68. The van der Waals surface area contributed by atoms with E-state index in [9.17, 15) is 0 Å². The predicted octanol–water partition coefficient (Wildman–Crippen LogP) is 3.72. The molecule has 0 amide bonds. The van der Waals surface area contributed by atoms with Gasteiger partial charge >= 0.3 is 0 Å². The fourth-order valence-electron chi connectivity index (χ4n) is 3.93. The second-order valence-corrected chi connectivity index (χ2v) is 7.68. The van der Waals surface area contributed by atoms with Gasteiger partial charge in [0.15, 0.2) is 5.96 Å². The average molecular weight is 510 g/mol. The molecule has 29 heavy (non-hydrogen) atoms. The van der Waals surface area contributed by atoms with Crippen LogP contribution in [-0.4, -0.2) is 42.4 Å². The van der Waals surface area contributed by atoms with Crippen LogP contribution in [0.15, 0.2) is 29.3 Å². The Kier molecular flexibility index (Phi) is 8.79. The summed E-state index contributed by atoms with van der Waals surface area (Å²) in [5.74, 6) is 0.832. The standard InChI is InChI=1S/C22H34N6.HI/c1-16(19-9-8-10-20(15-19)28-13-6-7-14-28)25-22(23-4)24-12-11-21-17(2)26-27(5)18(21)3;/h8-10,15-16H,6-7,11-14H2,1-5H3,(H2,23,24,25);1H. The third kappa shape index (κ3) is 5.87. The van der Waals surface area contributed by atoms with Crippen molar-refractivity contribution < 1.29 is 0 Å². The van der Waals surface area contributed by atoms with Crippen molar-refractivity contribution in [2.24, 2.45) is 12.0 Å². The van der Waals surface area contributed by atoms with Gasteiger partial charge in [0.05, 0.1) is 11.7 Å². The van der Waals surface area contributed by atoms with E-state index in [1.807, 2.05) is 18.8 Å². The Bertz CT molecular complexity index is 823. The second kappa shape index (κ2) is 10.8. The van der Waals surface area contributed by atoms with Crippen LogP contribution in [0.5, 0.6) is 0 Å².